The van der Waals surface area contributed by atoms with Gasteiger partial charge in [0.2, 0.25) is 5.95 Å². The van der Waals surface area contributed by atoms with Crippen molar-refractivity contribution in [1.29, 1.82) is 0 Å². The topological polar surface area (TPSA) is 89.5 Å². The molecule has 1 aromatic carbocycles. The summed E-state index contributed by atoms with van der Waals surface area (Å²) < 4.78 is 7.61. The third-order valence-electron chi connectivity index (χ3n) is 6.66. The molecule has 162 valence electrons. The van der Waals surface area contributed by atoms with Crippen molar-refractivity contribution in [3.8, 4) is 6.01 Å². The summed E-state index contributed by atoms with van der Waals surface area (Å²) in [6.45, 7) is 5.33. The van der Waals surface area contributed by atoms with Crippen LogP contribution in [0.5, 0.6) is 6.01 Å². The van der Waals surface area contributed by atoms with Crippen LogP contribution in [-0.2, 0) is 25.7 Å². The van der Waals surface area contributed by atoms with Crippen LogP contribution in [0.25, 0.3) is 0 Å². The zero-order valence-corrected chi connectivity index (χ0v) is 18.7. The van der Waals surface area contributed by atoms with Crippen LogP contribution in [0.2, 0.25) is 0 Å². The number of hydrazine groups is 1. The number of nitrogens with one attached hydrogen (secondary N) is 2. The number of fused-ring (bicyclic) bond motifs is 2. The Morgan fingerprint density at radius 3 is 2.50 bits per heavy atom. The van der Waals surface area contributed by atoms with Gasteiger partial charge in [-0.15, -0.1) is 5.10 Å². The number of hydrogen-bond donors (Lipinski definition) is 3. The van der Waals surface area contributed by atoms with E-state index in [4.69, 9.17) is 4.18 Å². The van der Waals surface area contributed by atoms with Gasteiger partial charge in [-0.05, 0) is 74.6 Å². The summed E-state index contributed by atoms with van der Waals surface area (Å²) >= 11 is 1.19. The largest absolute Gasteiger partial charge is 0.390 e. The Hall–Kier alpha value is -1.81. The fraction of sp³-hybridized carbons (Fsp3) is 0.619. The van der Waals surface area contributed by atoms with Gasteiger partial charge in [0.15, 0.2) is 12.2 Å². The molecular weight excluding hydrogens is 400 g/mol. The predicted octanol–water partition coefficient (Wildman–Crippen LogP) is 3.02. The number of nitrogens with zero attached hydrogens (tertiary/aromatic N) is 4. The molecule has 1 fully saturated rings. The van der Waals surface area contributed by atoms with E-state index in [0.29, 0.717) is 12.0 Å². The lowest BCUT2D eigenvalue weighted by Crippen LogP contribution is -2.59. The number of rotatable bonds is 7. The molecule has 0 atom stereocenters. The van der Waals surface area contributed by atoms with Gasteiger partial charge in [-0.25, -0.2) is 10.1 Å². The lowest BCUT2D eigenvalue weighted by atomic mass is 9.86. The van der Waals surface area contributed by atoms with Gasteiger partial charge >= 0.3 is 6.01 Å². The van der Waals surface area contributed by atoms with Gasteiger partial charge in [0.1, 0.15) is 0 Å². The molecule has 0 spiro atoms. The zero-order chi connectivity index (χ0) is 20.9. The molecule has 30 heavy (non-hydrogen) atoms. The maximum absolute atomic E-state index is 10.1. The molecule has 0 amide bonds. The summed E-state index contributed by atoms with van der Waals surface area (Å²) in [6.07, 6.45) is 7.07. The Balaban J connectivity index is 1.21. The van der Waals surface area contributed by atoms with Crippen LogP contribution in [0.3, 0.4) is 0 Å². The molecule has 9 heteroatoms. The van der Waals surface area contributed by atoms with E-state index in [2.05, 4.69) is 31.6 Å². The monoisotopic (exact) mass is 430 g/mol. The Labute approximate surface area is 181 Å². The van der Waals surface area contributed by atoms with E-state index < -0.39 is 5.60 Å². The molecule has 2 aromatic rings. The van der Waals surface area contributed by atoms with Gasteiger partial charge in [-0.2, -0.15) is 9.40 Å². The molecule has 1 saturated heterocycles. The SMILES string of the molecule is CN(SOc1n[nH]c(Nc2c3c(cc4c2CCC4)CCC3)n1)N1CC(C(C)(C)O)C1. The van der Waals surface area contributed by atoms with Gasteiger partial charge in [0.25, 0.3) is 0 Å². The lowest BCUT2D eigenvalue weighted by molar-refractivity contribution is -0.112. The number of benzene rings is 1. The summed E-state index contributed by atoms with van der Waals surface area (Å²) in [7, 11) is 1.94. The van der Waals surface area contributed by atoms with Crippen molar-refractivity contribution in [3.63, 3.8) is 0 Å². The number of aryl methyl sites for hydroxylation is 2. The summed E-state index contributed by atoms with van der Waals surface area (Å²) in [4.78, 5) is 4.48. The second kappa shape index (κ2) is 7.71. The molecule has 0 unspecified atom stereocenters. The molecule has 3 N–H and O–H groups in total. The number of anilines is 2. The minimum Gasteiger partial charge on any atom is -0.390 e. The first kappa shape index (κ1) is 20.1. The van der Waals surface area contributed by atoms with E-state index in [9.17, 15) is 5.11 Å². The van der Waals surface area contributed by atoms with Crippen LogP contribution in [0.15, 0.2) is 6.07 Å². The Morgan fingerprint density at radius 2 is 1.87 bits per heavy atom. The Bertz CT molecular complexity index is 902. The summed E-state index contributed by atoms with van der Waals surface area (Å²) in [5.41, 5.74) is 6.47. The summed E-state index contributed by atoms with van der Waals surface area (Å²) in [5.74, 6) is 0.892. The highest BCUT2D eigenvalue weighted by Crippen LogP contribution is 2.39. The third-order valence-corrected chi connectivity index (χ3v) is 7.33. The van der Waals surface area contributed by atoms with Crippen LogP contribution < -0.4 is 9.50 Å². The molecule has 2 heterocycles. The molecule has 0 radical (unpaired) electrons. The predicted molar refractivity (Wildman–Crippen MR) is 118 cm³/mol. The minimum absolute atomic E-state index is 0.272. The van der Waals surface area contributed by atoms with Crippen molar-refractivity contribution in [2.24, 2.45) is 5.92 Å². The van der Waals surface area contributed by atoms with E-state index in [1.807, 2.05) is 25.3 Å². The molecule has 5 rings (SSSR count). The first-order chi connectivity index (χ1) is 14.4. The first-order valence-electron chi connectivity index (χ1n) is 10.8. The van der Waals surface area contributed by atoms with Gasteiger partial charge in [0.05, 0.1) is 5.60 Å². The molecule has 0 bridgehead atoms. The van der Waals surface area contributed by atoms with Gasteiger partial charge in [-0.3, -0.25) is 0 Å². The van der Waals surface area contributed by atoms with Crippen molar-refractivity contribution in [1.82, 2.24) is 24.6 Å². The fourth-order valence-electron chi connectivity index (χ4n) is 4.69. The zero-order valence-electron chi connectivity index (χ0n) is 17.9. The first-order valence-corrected chi connectivity index (χ1v) is 11.5. The second-order valence-corrected chi connectivity index (χ2v) is 10.0. The van der Waals surface area contributed by atoms with Gasteiger partial charge in [-0.1, -0.05) is 6.07 Å². The summed E-state index contributed by atoms with van der Waals surface area (Å²) in [5, 5.41) is 22.9. The van der Waals surface area contributed by atoms with E-state index in [1.165, 1.54) is 65.9 Å². The minimum atomic E-state index is -0.648. The van der Waals surface area contributed by atoms with Crippen LogP contribution in [0.1, 0.15) is 48.9 Å². The normalized spacial score (nSPS) is 19.1. The van der Waals surface area contributed by atoms with E-state index in [1.54, 1.807) is 0 Å². The van der Waals surface area contributed by atoms with Crippen LogP contribution in [-0.4, -0.2) is 55.4 Å². The van der Waals surface area contributed by atoms with Crippen molar-refractivity contribution in [3.05, 3.63) is 28.3 Å². The van der Waals surface area contributed by atoms with E-state index >= 15 is 0 Å². The van der Waals surface area contributed by atoms with Gasteiger partial charge < -0.3 is 14.6 Å². The number of aliphatic hydroxyl groups is 1. The third kappa shape index (κ3) is 3.79. The van der Waals surface area contributed by atoms with E-state index in [-0.39, 0.29) is 5.92 Å². The average Bonchev–Trinajstić information content (AvgIpc) is 3.37. The van der Waals surface area contributed by atoms with Crippen molar-refractivity contribution >= 4 is 23.9 Å². The van der Waals surface area contributed by atoms with Crippen LogP contribution in [0.4, 0.5) is 11.6 Å². The molecule has 0 saturated carbocycles. The number of hydrogen-bond acceptors (Lipinski definition) is 8. The standard InChI is InChI=1S/C21H30N6O2S/c1-21(2,28)15-11-27(12-15)26(3)30-29-20-23-19(24-25-20)22-18-16-8-4-6-13(16)10-14-7-5-9-17(14)18/h10,15,28H,4-9,11-12H2,1-3H3,(H2,22,23,24,25). The lowest BCUT2D eigenvalue weighted by Gasteiger charge is -2.47. The molecule has 3 aliphatic rings. The van der Waals surface area contributed by atoms with Crippen LogP contribution >= 0.6 is 12.2 Å². The van der Waals surface area contributed by atoms with Crippen LogP contribution in [0, 0.1) is 5.92 Å². The Morgan fingerprint density at radius 1 is 1.20 bits per heavy atom. The number of aromatic nitrogens is 3. The quantitative estimate of drug-likeness (QED) is 0.456. The van der Waals surface area contributed by atoms with E-state index in [0.717, 1.165) is 25.9 Å². The maximum Gasteiger partial charge on any atom is 0.350 e. The maximum atomic E-state index is 10.1. The second-order valence-electron chi connectivity index (χ2n) is 9.17. The van der Waals surface area contributed by atoms with Crippen molar-refractivity contribution in [2.75, 3.05) is 25.5 Å². The van der Waals surface area contributed by atoms with Crippen molar-refractivity contribution < 1.29 is 9.29 Å². The molecule has 1 aromatic heterocycles. The fourth-order valence-corrected chi connectivity index (χ4v) is 5.17. The summed E-state index contributed by atoms with van der Waals surface area (Å²) in [6, 6.07) is 2.73. The molecule has 2 aliphatic carbocycles. The average molecular weight is 431 g/mol. The van der Waals surface area contributed by atoms with Gasteiger partial charge in [0, 0.05) is 31.7 Å². The molecular formula is C21H30N6O2S. The highest BCUT2D eigenvalue weighted by atomic mass is 32.2. The molecule has 8 nitrogen and oxygen atoms in total. The molecule has 1 aliphatic heterocycles. The number of aromatic amines is 1. The Kier molecular flexibility index (Phi) is 5.17. The van der Waals surface area contributed by atoms with Crippen molar-refractivity contribution in [2.45, 2.75) is 58.0 Å². The number of H-pyrrole nitrogens is 1. The highest BCUT2D eigenvalue weighted by Gasteiger charge is 2.39. The highest BCUT2D eigenvalue weighted by molar-refractivity contribution is 7.92. The smallest absolute Gasteiger partial charge is 0.350 e.